The van der Waals surface area contributed by atoms with Crippen molar-refractivity contribution >= 4 is 49.7 Å². The van der Waals surface area contributed by atoms with Crippen molar-refractivity contribution < 1.29 is 4.65 Å². The lowest BCUT2D eigenvalue weighted by molar-refractivity contribution is -0.864. The Morgan fingerprint density at radius 1 is 1.26 bits per heavy atom. The van der Waals surface area contributed by atoms with E-state index in [1.54, 1.807) is 18.4 Å². The van der Waals surface area contributed by atoms with Gasteiger partial charge >= 0.3 is 0 Å². The van der Waals surface area contributed by atoms with E-state index in [0.717, 1.165) is 35.3 Å². The van der Waals surface area contributed by atoms with Crippen LogP contribution in [0.1, 0.15) is 19.8 Å². The Kier molecular flexibility index (Phi) is 5.24. The predicted molar refractivity (Wildman–Crippen MR) is 117 cm³/mol. The predicted octanol–water partition coefficient (Wildman–Crippen LogP) is 3.49. The number of nitrogens with one attached hydrogen (secondary N) is 1. The molecule has 2 fully saturated rings. The van der Waals surface area contributed by atoms with Crippen LogP contribution in [0, 0.1) is 11.1 Å². The maximum Gasteiger partial charge on any atom is 0.186 e. The topological polar surface area (TPSA) is 54.5 Å². The molecule has 27 heavy (non-hydrogen) atoms. The van der Waals surface area contributed by atoms with Crippen molar-refractivity contribution in [3.05, 3.63) is 23.4 Å². The first kappa shape index (κ1) is 18.9. The Labute approximate surface area is 169 Å². The second-order valence-electron chi connectivity index (χ2n) is 8.01. The van der Waals surface area contributed by atoms with Gasteiger partial charge in [0.15, 0.2) is 10.2 Å². The summed E-state index contributed by atoms with van der Waals surface area (Å²) in [6.45, 7) is 7.08. The van der Waals surface area contributed by atoms with E-state index < -0.39 is 0 Å². The van der Waals surface area contributed by atoms with E-state index in [1.807, 2.05) is 6.07 Å². The zero-order valence-corrected chi connectivity index (χ0v) is 17.6. The van der Waals surface area contributed by atoms with E-state index in [1.165, 1.54) is 17.5 Å². The quantitative estimate of drug-likeness (QED) is 0.469. The van der Waals surface area contributed by atoms with Gasteiger partial charge in [-0.3, -0.25) is 0 Å². The smallest absolute Gasteiger partial charge is 0.186 e. The third-order valence-electron chi connectivity index (χ3n) is 5.66. The highest BCUT2D eigenvalue weighted by Crippen LogP contribution is 2.33. The minimum atomic E-state index is -0.177. The minimum absolute atomic E-state index is 0.177. The van der Waals surface area contributed by atoms with Gasteiger partial charge in [-0.15, -0.1) is 0 Å². The summed E-state index contributed by atoms with van der Waals surface area (Å²) in [5, 5.41) is 17.1. The molecule has 2 aromatic rings. The number of hydrogen-bond acceptors (Lipinski definition) is 5. The summed E-state index contributed by atoms with van der Waals surface area (Å²) < 4.78 is 1.00. The molecule has 146 valence electrons. The molecule has 1 N–H and O–H groups in total. The highest BCUT2D eigenvalue weighted by Gasteiger charge is 2.23. The van der Waals surface area contributed by atoms with Crippen LogP contribution < -0.4 is 10.2 Å². The number of anilines is 2. The van der Waals surface area contributed by atoms with Crippen LogP contribution in [-0.4, -0.2) is 66.0 Å². The van der Waals surface area contributed by atoms with Crippen LogP contribution in [0.4, 0.5) is 10.8 Å². The molecule has 0 radical (unpaired) electrons. The van der Waals surface area contributed by atoms with Gasteiger partial charge in [0, 0.05) is 18.8 Å². The van der Waals surface area contributed by atoms with E-state index in [4.69, 9.17) is 17.2 Å². The van der Waals surface area contributed by atoms with Crippen LogP contribution in [0.15, 0.2) is 18.2 Å². The lowest BCUT2D eigenvalue weighted by atomic mass is 10.00. The number of thiazole rings is 1. The minimum Gasteiger partial charge on any atom is -0.633 e. The summed E-state index contributed by atoms with van der Waals surface area (Å²) in [5.74, 6) is 0.820. The second-order valence-corrected chi connectivity index (χ2v) is 9.41. The van der Waals surface area contributed by atoms with Gasteiger partial charge in [-0.05, 0) is 49.2 Å². The lowest BCUT2D eigenvalue weighted by Crippen LogP contribution is -2.55. The third-order valence-corrected chi connectivity index (χ3v) is 7.09. The van der Waals surface area contributed by atoms with Crippen LogP contribution in [0.3, 0.4) is 0 Å². The number of nitrogens with zero attached hydrogens (tertiary/aromatic N) is 4. The molecule has 0 atom stereocenters. The SMILES string of the molecule is CC1CCN(c2nc3ccc(NC(=S)N4CC[N+](C)([O-])CC4)cc3s2)CC1. The fraction of sp³-hybridized carbons (Fsp3) is 0.579. The molecule has 0 unspecified atom stereocenters. The second kappa shape index (κ2) is 7.50. The average Bonchev–Trinajstić information content (AvgIpc) is 3.05. The van der Waals surface area contributed by atoms with Gasteiger partial charge < -0.3 is 25.0 Å². The van der Waals surface area contributed by atoms with Crippen LogP contribution in [-0.2, 0) is 0 Å². The summed E-state index contributed by atoms with van der Waals surface area (Å²) in [6, 6.07) is 6.23. The van der Waals surface area contributed by atoms with Crippen molar-refractivity contribution in [1.82, 2.24) is 9.88 Å². The zero-order chi connectivity index (χ0) is 19.0. The molecule has 8 heteroatoms. The Morgan fingerprint density at radius 3 is 2.67 bits per heavy atom. The molecule has 4 rings (SSSR count). The van der Waals surface area contributed by atoms with Gasteiger partial charge in [-0.25, -0.2) is 4.98 Å². The number of benzene rings is 1. The molecule has 2 aliphatic rings. The van der Waals surface area contributed by atoms with Crippen molar-refractivity contribution in [2.75, 3.05) is 56.5 Å². The number of piperidine rings is 1. The molecule has 6 nitrogen and oxygen atoms in total. The van der Waals surface area contributed by atoms with E-state index in [-0.39, 0.29) is 4.65 Å². The van der Waals surface area contributed by atoms with Gasteiger partial charge in [-0.1, -0.05) is 18.3 Å². The molecule has 0 amide bonds. The number of hydrogen-bond donors (Lipinski definition) is 1. The Bertz CT molecular complexity index is 819. The first-order valence-electron chi connectivity index (χ1n) is 9.67. The Hall–Kier alpha value is -1.48. The number of thiocarbonyl (C=S) groups is 1. The maximum absolute atomic E-state index is 12.0. The number of fused-ring (bicyclic) bond motifs is 1. The van der Waals surface area contributed by atoms with E-state index in [2.05, 4.69) is 34.2 Å². The number of rotatable bonds is 2. The summed E-state index contributed by atoms with van der Waals surface area (Å²) in [6.07, 6.45) is 2.49. The fourth-order valence-electron chi connectivity index (χ4n) is 3.62. The van der Waals surface area contributed by atoms with Gasteiger partial charge in [0.25, 0.3) is 0 Å². The molecular weight excluding hydrogens is 378 g/mol. The maximum atomic E-state index is 12.0. The zero-order valence-electron chi connectivity index (χ0n) is 16.0. The van der Waals surface area contributed by atoms with Crippen molar-refractivity contribution in [3.63, 3.8) is 0 Å². The molecule has 2 saturated heterocycles. The molecule has 3 heterocycles. The summed E-state index contributed by atoms with van der Waals surface area (Å²) in [4.78, 5) is 9.32. The first-order valence-corrected chi connectivity index (χ1v) is 10.9. The van der Waals surface area contributed by atoms with E-state index in [0.29, 0.717) is 31.3 Å². The largest absolute Gasteiger partial charge is 0.633 e. The van der Waals surface area contributed by atoms with E-state index >= 15 is 0 Å². The summed E-state index contributed by atoms with van der Waals surface area (Å²) in [7, 11) is 1.73. The number of quaternary nitrogens is 1. The lowest BCUT2D eigenvalue weighted by Gasteiger charge is -2.45. The molecule has 0 aliphatic carbocycles. The molecule has 0 bridgehead atoms. The Morgan fingerprint density at radius 2 is 1.96 bits per heavy atom. The van der Waals surface area contributed by atoms with Crippen LogP contribution in [0.2, 0.25) is 0 Å². The monoisotopic (exact) mass is 405 g/mol. The van der Waals surface area contributed by atoms with Crippen molar-refractivity contribution in [2.24, 2.45) is 5.92 Å². The first-order chi connectivity index (χ1) is 12.9. The summed E-state index contributed by atoms with van der Waals surface area (Å²) >= 11 is 7.31. The highest BCUT2D eigenvalue weighted by molar-refractivity contribution is 7.80. The van der Waals surface area contributed by atoms with Gasteiger partial charge in [0.2, 0.25) is 0 Å². The molecular formula is C19H27N5OS2. The van der Waals surface area contributed by atoms with Crippen LogP contribution >= 0.6 is 23.6 Å². The molecule has 2 aliphatic heterocycles. The van der Waals surface area contributed by atoms with Gasteiger partial charge in [-0.2, -0.15) is 0 Å². The van der Waals surface area contributed by atoms with Crippen molar-refractivity contribution in [3.8, 4) is 0 Å². The highest BCUT2D eigenvalue weighted by atomic mass is 32.1. The fourth-order valence-corrected chi connectivity index (χ4v) is 4.98. The molecule has 0 saturated carbocycles. The molecule has 0 spiro atoms. The van der Waals surface area contributed by atoms with Crippen LogP contribution in [0.5, 0.6) is 0 Å². The third kappa shape index (κ3) is 4.34. The molecule has 1 aromatic carbocycles. The van der Waals surface area contributed by atoms with E-state index in [9.17, 15) is 5.21 Å². The Balaban J connectivity index is 1.43. The number of aromatic nitrogens is 1. The number of hydroxylamine groups is 3. The summed E-state index contributed by atoms with van der Waals surface area (Å²) in [5.41, 5.74) is 2.03. The number of likely N-dealkylation sites (N-methyl/N-ethyl adjacent to an activating group) is 1. The molecule has 1 aromatic heterocycles. The normalized spacial score (nSPS) is 20.9. The number of piperazine rings is 1. The van der Waals surface area contributed by atoms with Gasteiger partial charge in [0.1, 0.15) is 0 Å². The van der Waals surface area contributed by atoms with Crippen LogP contribution in [0.25, 0.3) is 10.2 Å². The average molecular weight is 406 g/mol. The van der Waals surface area contributed by atoms with Crippen molar-refractivity contribution in [1.29, 1.82) is 0 Å². The van der Waals surface area contributed by atoms with Gasteiger partial charge in [0.05, 0.1) is 43.4 Å². The van der Waals surface area contributed by atoms with Crippen molar-refractivity contribution in [2.45, 2.75) is 19.8 Å². The standard InChI is InChI=1S/C19H27N5OS2/c1-14-5-7-23(8-6-14)19-21-16-4-3-15(13-17(16)27-19)20-18(26)22-9-11-24(2,25)12-10-22/h3-4,13-14H,5-12H2,1-2H3,(H,20,26).